The fourth-order valence-corrected chi connectivity index (χ4v) is 5.55. The minimum atomic E-state index is -0.317. The van der Waals surface area contributed by atoms with Gasteiger partial charge in [0.1, 0.15) is 5.82 Å². The van der Waals surface area contributed by atoms with Crippen molar-refractivity contribution in [2.45, 2.75) is 13.0 Å². The van der Waals surface area contributed by atoms with E-state index in [1.165, 1.54) is 21.5 Å². The number of carbonyl (C=O) groups excluding carboxylic acids is 1. The van der Waals surface area contributed by atoms with Crippen molar-refractivity contribution in [3.63, 3.8) is 0 Å². The Balaban J connectivity index is 1.41. The Morgan fingerprint density at radius 3 is 2.81 bits per heavy atom. The first kappa shape index (κ1) is 17.9. The lowest BCUT2D eigenvalue weighted by atomic mass is 10.2. The van der Waals surface area contributed by atoms with E-state index >= 15 is 0 Å². The van der Waals surface area contributed by atoms with Crippen molar-refractivity contribution < 1.29 is 9.18 Å². The van der Waals surface area contributed by atoms with E-state index in [0.29, 0.717) is 18.1 Å². The van der Waals surface area contributed by atoms with Crippen LogP contribution >= 0.6 is 34.3 Å². The lowest BCUT2D eigenvalue weighted by Crippen LogP contribution is -2.34. The second-order valence-electron chi connectivity index (χ2n) is 6.42. The Labute approximate surface area is 164 Å². The molecule has 0 unspecified atom stereocenters. The van der Waals surface area contributed by atoms with Gasteiger partial charge in [-0.2, -0.15) is 0 Å². The molecule has 136 valence electrons. The number of hydrogen-bond acceptors (Lipinski definition) is 4. The van der Waals surface area contributed by atoms with E-state index in [1.54, 1.807) is 28.7 Å². The Kier molecular flexibility index (Phi) is 5.27. The Morgan fingerprint density at radius 2 is 2.00 bits per heavy atom. The largest absolute Gasteiger partial charge is 0.337 e. The van der Waals surface area contributed by atoms with Gasteiger partial charge in [0.2, 0.25) is 0 Å². The molecule has 4 rings (SSSR count). The molecule has 0 N–H and O–H groups in total. The Hall–Kier alpha value is -1.47. The van der Waals surface area contributed by atoms with Gasteiger partial charge < -0.3 is 4.90 Å². The molecule has 2 aromatic heterocycles. The number of halogens is 2. The van der Waals surface area contributed by atoms with Gasteiger partial charge in [0.25, 0.3) is 5.91 Å². The number of nitrogens with zero attached hydrogens (tertiary/aromatic N) is 2. The maximum atomic E-state index is 13.2. The van der Waals surface area contributed by atoms with Gasteiger partial charge in [0, 0.05) is 47.1 Å². The van der Waals surface area contributed by atoms with Crippen LogP contribution in [0.1, 0.15) is 21.7 Å². The summed E-state index contributed by atoms with van der Waals surface area (Å²) >= 11 is 9.39. The summed E-state index contributed by atoms with van der Waals surface area (Å²) < 4.78 is 15.6. The van der Waals surface area contributed by atoms with E-state index < -0.39 is 0 Å². The van der Waals surface area contributed by atoms with E-state index in [9.17, 15) is 9.18 Å². The van der Waals surface area contributed by atoms with E-state index in [1.807, 2.05) is 11.0 Å². The van der Waals surface area contributed by atoms with Crippen molar-refractivity contribution in [1.82, 2.24) is 9.80 Å². The molecule has 0 bridgehead atoms. The third-order valence-electron chi connectivity index (χ3n) is 4.63. The van der Waals surface area contributed by atoms with Crippen molar-refractivity contribution in [3.05, 3.63) is 57.0 Å². The van der Waals surface area contributed by atoms with E-state index in [-0.39, 0.29) is 11.7 Å². The topological polar surface area (TPSA) is 23.6 Å². The predicted octanol–water partition coefficient (Wildman–Crippen LogP) is 5.10. The van der Waals surface area contributed by atoms with Crippen LogP contribution in [0.4, 0.5) is 4.39 Å². The van der Waals surface area contributed by atoms with Crippen LogP contribution < -0.4 is 0 Å². The molecule has 0 radical (unpaired) electrons. The van der Waals surface area contributed by atoms with Crippen molar-refractivity contribution in [2.24, 2.45) is 0 Å². The molecule has 3 heterocycles. The molecule has 3 nitrogen and oxygen atoms in total. The molecular formula is C19H18ClFN2OS2. The average Bonchev–Trinajstić information content (AvgIpc) is 3.13. The van der Waals surface area contributed by atoms with Crippen LogP contribution in [0, 0.1) is 5.82 Å². The van der Waals surface area contributed by atoms with Crippen molar-refractivity contribution in [1.29, 1.82) is 0 Å². The molecule has 0 atom stereocenters. The summed E-state index contributed by atoms with van der Waals surface area (Å²) in [6.07, 6.45) is 0.921. The fourth-order valence-electron chi connectivity index (χ4n) is 3.25. The minimum absolute atomic E-state index is 0.125. The highest BCUT2D eigenvalue weighted by molar-refractivity contribution is 7.27. The van der Waals surface area contributed by atoms with E-state index in [4.69, 9.17) is 11.6 Å². The monoisotopic (exact) mass is 408 g/mol. The molecule has 1 fully saturated rings. The quantitative estimate of drug-likeness (QED) is 0.601. The van der Waals surface area contributed by atoms with Crippen LogP contribution in [0.25, 0.3) is 9.40 Å². The van der Waals surface area contributed by atoms with Crippen molar-refractivity contribution in [3.8, 4) is 0 Å². The molecule has 1 aromatic carbocycles. The number of thiophene rings is 2. The van der Waals surface area contributed by atoms with Gasteiger partial charge >= 0.3 is 0 Å². The summed E-state index contributed by atoms with van der Waals surface area (Å²) in [4.78, 5) is 17.9. The summed E-state index contributed by atoms with van der Waals surface area (Å²) in [5, 5.41) is 2.51. The molecule has 1 amide bonds. The van der Waals surface area contributed by atoms with Crippen LogP contribution in [0.3, 0.4) is 0 Å². The van der Waals surface area contributed by atoms with Crippen molar-refractivity contribution in [2.75, 3.05) is 26.2 Å². The fraction of sp³-hybridized carbons (Fsp3) is 0.316. The van der Waals surface area contributed by atoms with Gasteiger partial charge in [-0.3, -0.25) is 9.69 Å². The highest BCUT2D eigenvalue weighted by Gasteiger charge is 2.22. The minimum Gasteiger partial charge on any atom is -0.337 e. The molecule has 3 aromatic rings. The molecule has 0 aliphatic carbocycles. The van der Waals surface area contributed by atoms with Crippen LogP contribution in [0.15, 0.2) is 35.7 Å². The first-order valence-electron chi connectivity index (χ1n) is 8.53. The lowest BCUT2D eigenvalue weighted by Gasteiger charge is -2.22. The number of carbonyl (C=O) groups is 1. The van der Waals surface area contributed by atoms with Crippen LogP contribution in [0.2, 0.25) is 5.02 Å². The zero-order valence-electron chi connectivity index (χ0n) is 14.1. The summed E-state index contributed by atoms with van der Waals surface area (Å²) in [6.45, 7) is 3.83. The molecule has 26 heavy (non-hydrogen) atoms. The third-order valence-corrected chi connectivity index (χ3v) is 7.07. The predicted molar refractivity (Wildman–Crippen MR) is 107 cm³/mol. The molecule has 7 heteroatoms. The van der Waals surface area contributed by atoms with Gasteiger partial charge in [0.05, 0.1) is 4.88 Å². The second-order valence-corrected chi connectivity index (χ2v) is 8.86. The normalized spacial score (nSPS) is 16.2. The summed E-state index contributed by atoms with van der Waals surface area (Å²) in [5.41, 5.74) is 0.923. The smallest absolute Gasteiger partial charge is 0.264 e. The van der Waals surface area contributed by atoms with Crippen LogP contribution in [-0.4, -0.2) is 41.9 Å². The average molecular weight is 409 g/mol. The van der Waals surface area contributed by atoms with Gasteiger partial charge in [-0.05, 0) is 41.6 Å². The Morgan fingerprint density at radius 1 is 1.12 bits per heavy atom. The Bertz CT molecular complexity index is 910. The van der Waals surface area contributed by atoms with E-state index in [0.717, 1.165) is 36.5 Å². The highest BCUT2D eigenvalue weighted by atomic mass is 35.5. The SMILES string of the molecule is O=C(c1cc2sccc2s1)N1CCCN(Cc2ccc(F)cc2Cl)CC1. The molecule has 1 saturated heterocycles. The number of benzene rings is 1. The van der Waals surface area contributed by atoms with E-state index in [2.05, 4.69) is 16.3 Å². The number of amides is 1. The third kappa shape index (κ3) is 3.78. The summed E-state index contributed by atoms with van der Waals surface area (Å²) in [7, 11) is 0. The van der Waals surface area contributed by atoms with Gasteiger partial charge in [-0.1, -0.05) is 17.7 Å². The van der Waals surface area contributed by atoms with Crippen LogP contribution in [-0.2, 0) is 6.54 Å². The molecule has 0 spiro atoms. The standard InChI is InChI=1S/C19H18ClFN2OS2/c20-15-10-14(21)3-2-13(15)12-22-5-1-6-23(8-7-22)19(24)18-11-17-16(26-18)4-9-25-17/h2-4,9-11H,1,5-8,12H2. The van der Waals surface area contributed by atoms with Gasteiger partial charge in [-0.25, -0.2) is 4.39 Å². The van der Waals surface area contributed by atoms with Crippen molar-refractivity contribution >= 4 is 49.6 Å². The summed E-state index contributed by atoms with van der Waals surface area (Å²) in [5.74, 6) is -0.192. The number of fused-ring (bicyclic) bond motifs is 1. The maximum Gasteiger partial charge on any atom is 0.264 e. The number of rotatable bonds is 3. The number of hydrogen-bond donors (Lipinski definition) is 0. The maximum absolute atomic E-state index is 13.2. The highest BCUT2D eigenvalue weighted by Crippen LogP contribution is 2.31. The molecule has 0 saturated carbocycles. The first-order chi connectivity index (χ1) is 12.6. The summed E-state index contributed by atoms with van der Waals surface area (Å²) in [6, 6.07) is 8.61. The van der Waals surface area contributed by atoms with Crippen LogP contribution in [0.5, 0.6) is 0 Å². The molecule has 1 aliphatic heterocycles. The zero-order valence-corrected chi connectivity index (χ0v) is 16.5. The lowest BCUT2D eigenvalue weighted by molar-refractivity contribution is 0.0766. The van der Waals surface area contributed by atoms with Gasteiger partial charge in [-0.15, -0.1) is 22.7 Å². The zero-order chi connectivity index (χ0) is 18.1. The molecular weight excluding hydrogens is 391 g/mol. The second kappa shape index (κ2) is 7.64. The molecule has 1 aliphatic rings. The van der Waals surface area contributed by atoms with Gasteiger partial charge in [0.15, 0.2) is 0 Å². The first-order valence-corrected chi connectivity index (χ1v) is 10.6.